The van der Waals surface area contributed by atoms with Crippen molar-refractivity contribution in [3.05, 3.63) is 35.1 Å². The van der Waals surface area contributed by atoms with E-state index in [1.165, 1.54) is 0 Å². The van der Waals surface area contributed by atoms with Crippen LogP contribution in [0.1, 0.15) is 5.56 Å². The number of rotatable bonds is 3. The average molecular weight is 205 g/mol. The molecule has 0 aliphatic rings. The van der Waals surface area contributed by atoms with Crippen molar-refractivity contribution in [1.82, 2.24) is 0 Å². The summed E-state index contributed by atoms with van der Waals surface area (Å²) in [5, 5.41) is 8.60. The van der Waals surface area contributed by atoms with Crippen molar-refractivity contribution < 1.29 is 18.3 Å². The summed E-state index contributed by atoms with van der Waals surface area (Å²) in [5.74, 6) is -3.21. The summed E-state index contributed by atoms with van der Waals surface area (Å²) >= 11 is 0. The third-order valence-corrected chi connectivity index (χ3v) is 1.81. The van der Waals surface area contributed by atoms with Crippen molar-refractivity contribution in [2.45, 2.75) is 12.5 Å². The molecule has 0 bridgehead atoms. The van der Waals surface area contributed by atoms with Crippen LogP contribution < -0.4 is 5.73 Å². The minimum absolute atomic E-state index is 0.0282. The van der Waals surface area contributed by atoms with Crippen LogP contribution in [0.5, 0.6) is 0 Å². The number of halogens is 3. The summed E-state index contributed by atoms with van der Waals surface area (Å²) in [7, 11) is 0. The van der Waals surface area contributed by atoms with Gasteiger partial charge < -0.3 is 10.8 Å². The summed E-state index contributed by atoms with van der Waals surface area (Å²) in [6.45, 7) is -0.335. The second-order valence-electron chi connectivity index (χ2n) is 3.00. The first-order valence-corrected chi connectivity index (χ1v) is 4.04. The maximum Gasteiger partial charge on any atom is 0.161 e. The fraction of sp³-hybridized carbons (Fsp3) is 0.333. The van der Waals surface area contributed by atoms with E-state index < -0.39 is 23.5 Å². The van der Waals surface area contributed by atoms with Crippen LogP contribution >= 0.6 is 0 Å². The third kappa shape index (κ3) is 2.46. The van der Waals surface area contributed by atoms with Crippen LogP contribution in [0, 0.1) is 17.5 Å². The lowest BCUT2D eigenvalue weighted by molar-refractivity contribution is 0.264. The molecule has 0 saturated carbocycles. The van der Waals surface area contributed by atoms with E-state index in [1.54, 1.807) is 0 Å². The number of nitrogens with two attached hydrogens (primary N) is 1. The van der Waals surface area contributed by atoms with E-state index in [9.17, 15) is 13.2 Å². The molecular formula is C9H10F3NO. The normalized spacial score (nSPS) is 12.9. The van der Waals surface area contributed by atoms with Crippen LogP contribution in [-0.4, -0.2) is 17.8 Å². The monoisotopic (exact) mass is 205 g/mol. The molecule has 1 aromatic rings. The second-order valence-corrected chi connectivity index (χ2v) is 3.00. The molecule has 0 saturated heterocycles. The van der Waals surface area contributed by atoms with E-state index in [-0.39, 0.29) is 18.6 Å². The van der Waals surface area contributed by atoms with E-state index in [0.717, 1.165) is 6.07 Å². The zero-order valence-corrected chi connectivity index (χ0v) is 7.30. The van der Waals surface area contributed by atoms with E-state index >= 15 is 0 Å². The fourth-order valence-electron chi connectivity index (χ4n) is 1.07. The molecule has 0 unspecified atom stereocenters. The molecule has 0 aliphatic heterocycles. The highest BCUT2D eigenvalue weighted by Gasteiger charge is 2.12. The van der Waals surface area contributed by atoms with Crippen molar-refractivity contribution in [1.29, 1.82) is 0 Å². The molecule has 78 valence electrons. The summed E-state index contributed by atoms with van der Waals surface area (Å²) in [6, 6.07) is 0.545. The van der Waals surface area contributed by atoms with Gasteiger partial charge in [-0.3, -0.25) is 0 Å². The topological polar surface area (TPSA) is 46.2 Å². The van der Waals surface area contributed by atoms with Crippen LogP contribution in [0.2, 0.25) is 0 Å². The Bertz CT molecular complexity index is 330. The van der Waals surface area contributed by atoms with Crippen molar-refractivity contribution >= 4 is 0 Å². The Balaban J connectivity index is 2.92. The molecule has 0 aromatic heterocycles. The highest BCUT2D eigenvalue weighted by Crippen LogP contribution is 2.14. The van der Waals surface area contributed by atoms with Crippen LogP contribution in [-0.2, 0) is 6.42 Å². The van der Waals surface area contributed by atoms with Gasteiger partial charge in [-0.15, -0.1) is 0 Å². The summed E-state index contributed by atoms with van der Waals surface area (Å²) in [6.07, 6.45) is -0.0282. The van der Waals surface area contributed by atoms with Gasteiger partial charge in [0.25, 0.3) is 0 Å². The van der Waals surface area contributed by atoms with Gasteiger partial charge in [0.1, 0.15) is 5.82 Å². The summed E-state index contributed by atoms with van der Waals surface area (Å²) in [4.78, 5) is 0. The van der Waals surface area contributed by atoms with Gasteiger partial charge in [-0.2, -0.15) is 0 Å². The molecular weight excluding hydrogens is 195 g/mol. The molecule has 2 nitrogen and oxygen atoms in total. The van der Waals surface area contributed by atoms with Crippen molar-refractivity contribution in [3.63, 3.8) is 0 Å². The molecule has 3 N–H and O–H groups in total. The number of hydrogen-bond acceptors (Lipinski definition) is 2. The van der Waals surface area contributed by atoms with Gasteiger partial charge in [0.2, 0.25) is 0 Å². The van der Waals surface area contributed by atoms with Gasteiger partial charge in [-0.05, 0) is 18.1 Å². The smallest absolute Gasteiger partial charge is 0.161 e. The summed E-state index contributed by atoms with van der Waals surface area (Å²) in [5.41, 5.74) is 5.29. The van der Waals surface area contributed by atoms with E-state index in [1.807, 2.05) is 0 Å². The first kappa shape index (κ1) is 11.0. The number of aliphatic hydroxyl groups is 1. The van der Waals surface area contributed by atoms with Gasteiger partial charge in [-0.25, -0.2) is 13.2 Å². The highest BCUT2D eigenvalue weighted by molar-refractivity contribution is 5.21. The Kier molecular flexibility index (Phi) is 3.49. The van der Waals surface area contributed by atoms with Gasteiger partial charge in [0.05, 0.1) is 6.61 Å². The minimum Gasteiger partial charge on any atom is -0.395 e. The third-order valence-electron chi connectivity index (χ3n) is 1.81. The Morgan fingerprint density at radius 1 is 1.14 bits per heavy atom. The Hall–Kier alpha value is -1.07. The average Bonchev–Trinajstić information content (AvgIpc) is 2.14. The predicted molar refractivity (Wildman–Crippen MR) is 45.1 cm³/mol. The van der Waals surface area contributed by atoms with Crippen LogP contribution in [0.25, 0.3) is 0 Å². The summed E-state index contributed by atoms with van der Waals surface area (Å²) < 4.78 is 38.1. The largest absolute Gasteiger partial charge is 0.395 e. The van der Waals surface area contributed by atoms with Crippen molar-refractivity contribution in [2.75, 3.05) is 6.61 Å². The van der Waals surface area contributed by atoms with Crippen molar-refractivity contribution in [2.24, 2.45) is 5.73 Å². The standard InChI is InChI=1S/C9H10F3NO/c10-7-3-9(12)8(11)2-5(7)1-6(13)4-14/h2-3,6,14H,1,4,13H2/t6-/m0/s1. The zero-order chi connectivity index (χ0) is 10.7. The molecule has 0 radical (unpaired) electrons. The van der Waals surface area contributed by atoms with Crippen LogP contribution in [0.15, 0.2) is 12.1 Å². The number of hydrogen-bond donors (Lipinski definition) is 2. The first-order chi connectivity index (χ1) is 6.54. The lowest BCUT2D eigenvalue weighted by atomic mass is 10.1. The SMILES string of the molecule is N[C@H](CO)Cc1cc(F)c(F)cc1F. The molecule has 0 heterocycles. The van der Waals surface area contributed by atoms with Gasteiger partial charge >= 0.3 is 0 Å². The van der Waals surface area contributed by atoms with Gasteiger partial charge in [-0.1, -0.05) is 0 Å². The number of aliphatic hydroxyl groups excluding tert-OH is 1. The lowest BCUT2D eigenvalue weighted by Gasteiger charge is -2.09. The molecule has 0 fully saturated rings. The Labute approximate surface area is 79.2 Å². The lowest BCUT2D eigenvalue weighted by Crippen LogP contribution is -2.27. The molecule has 1 rings (SSSR count). The quantitative estimate of drug-likeness (QED) is 0.722. The zero-order valence-electron chi connectivity index (χ0n) is 7.30. The molecule has 0 amide bonds. The molecule has 1 atom stereocenters. The predicted octanol–water partition coefficient (Wildman–Crippen LogP) is 0.966. The van der Waals surface area contributed by atoms with Crippen LogP contribution in [0.4, 0.5) is 13.2 Å². The molecule has 0 spiro atoms. The van der Waals surface area contributed by atoms with Crippen LogP contribution in [0.3, 0.4) is 0 Å². The van der Waals surface area contributed by atoms with Gasteiger partial charge in [0, 0.05) is 12.1 Å². The van der Waals surface area contributed by atoms with E-state index in [0.29, 0.717) is 6.07 Å². The fourth-order valence-corrected chi connectivity index (χ4v) is 1.07. The maximum atomic E-state index is 13.0. The second kappa shape index (κ2) is 4.43. The first-order valence-electron chi connectivity index (χ1n) is 4.04. The van der Waals surface area contributed by atoms with Gasteiger partial charge in [0.15, 0.2) is 11.6 Å². The van der Waals surface area contributed by atoms with Crippen molar-refractivity contribution in [3.8, 4) is 0 Å². The molecule has 0 aliphatic carbocycles. The molecule has 14 heavy (non-hydrogen) atoms. The molecule has 1 aromatic carbocycles. The minimum atomic E-state index is -1.23. The maximum absolute atomic E-state index is 13.0. The molecule has 5 heteroatoms. The van der Waals surface area contributed by atoms with E-state index in [4.69, 9.17) is 10.8 Å². The number of benzene rings is 1. The van der Waals surface area contributed by atoms with E-state index in [2.05, 4.69) is 0 Å². The highest BCUT2D eigenvalue weighted by atomic mass is 19.2. The Morgan fingerprint density at radius 3 is 2.29 bits per heavy atom. The Morgan fingerprint density at radius 2 is 1.71 bits per heavy atom.